The topological polar surface area (TPSA) is 51.7 Å². The van der Waals surface area contributed by atoms with Crippen LogP contribution in [0.4, 0.5) is 0 Å². The van der Waals surface area contributed by atoms with Crippen molar-refractivity contribution < 1.29 is 14.3 Å². The summed E-state index contributed by atoms with van der Waals surface area (Å²) < 4.78 is 11.0. The zero-order valence-electron chi connectivity index (χ0n) is 12.6. The number of hydrogen-bond donors (Lipinski definition) is 0. The molecular weight excluding hydrogens is 300 g/mol. The Morgan fingerprint density at radius 1 is 1.45 bits per heavy atom. The Labute approximate surface area is 133 Å². The van der Waals surface area contributed by atoms with E-state index in [0.717, 1.165) is 16.9 Å². The van der Waals surface area contributed by atoms with Crippen LogP contribution in [0, 0.1) is 6.92 Å². The summed E-state index contributed by atoms with van der Waals surface area (Å²) in [6.45, 7) is 3.24. The second-order valence-electron chi connectivity index (χ2n) is 5.32. The predicted molar refractivity (Wildman–Crippen MR) is 84.5 cm³/mol. The van der Waals surface area contributed by atoms with Gasteiger partial charge in [-0.1, -0.05) is 23.5 Å². The molecule has 5 nitrogen and oxygen atoms in total. The van der Waals surface area contributed by atoms with Gasteiger partial charge in [0.15, 0.2) is 0 Å². The van der Waals surface area contributed by atoms with Gasteiger partial charge in [-0.2, -0.15) is 0 Å². The van der Waals surface area contributed by atoms with E-state index in [1.54, 1.807) is 13.3 Å². The maximum Gasteiger partial charge on any atom is 0.273 e. The molecule has 1 aromatic carbocycles. The number of hydrogen-bond acceptors (Lipinski definition) is 5. The summed E-state index contributed by atoms with van der Waals surface area (Å²) in [6, 6.07) is 5.88. The summed E-state index contributed by atoms with van der Waals surface area (Å²) in [7, 11) is 1.64. The summed E-state index contributed by atoms with van der Waals surface area (Å²) in [5, 5.41) is 2.54. The highest BCUT2D eigenvalue weighted by Crippen LogP contribution is 2.22. The van der Waals surface area contributed by atoms with E-state index < -0.39 is 0 Å². The van der Waals surface area contributed by atoms with Crippen molar-refractivity contribution in [2.24, 2.45) is 0 Å². The van der Waals surface area contributed by atoms with Gasteiger partial charge in [-0.25, -0.2) is 4.98 Å². The molecule has 0 radical (unpaired) electrons. The van der Waals surface area contributed by atoms with Gasteiger partial charge >= 0.3 is 0 Å². The van der Waals surface area contributed by atoms with Crippen LogP contribution in [-0.2, 0) is 11.2 Å². The number of ether oxygens (including phenoxy) is 2. The van der Waals surface area contributed by atoms with Gasteiger partial charge in [0.05, 0.1) is 26.6 Å². The molecule has 1 aliphatic rings. The SMILES string of the molecule is COc1cc(CC(=O)N2CC(Oc3nccs3)C2)ccc1C. The molecule has 1 amide bonds. The summed E-state index contributed by atoms with van der Waals surface area (Å²) >= 11 is 1.47. The molecular formula is C16H18N2O3S. The maximum absolute atomic E-state index is 12.2. The lowest BCUT2D eigenvalue weighted by molar-refractivity contribution is -0.139. The monoisotopic (exact) mass is 318 g/mol. The number of likely N-dealkylation sites (tertiary alicyclic amines) is 1. The maximum atomic E-state index is 12.2. The van der Waals surface area contributed by atoms with E-state index in [2.05, 4.69) is 4.98 Å². The molecule has 0 unspecified atom stereocenters. The molecule has 3 rings (SSSR count). The van der Waals surface area contributed by atoms with E-state index in [4.69, 9.17) is 9.47 Å². The number of amides is 1. The van der Waals surface area contributed by atoms with Crippen LogP contribution in [0.5, 0.6) is 10.9 Å². The molecule has 1 saturated heterocycles. The zero-order chi connectivity index (χ0) is 15.5. The molecule has 1 fully saturated rings. The van der Waals surface area contributed by atoms with Gasteiger partial charge in [0, 0.05) is 11.6 Å². The van der Waals surface area contributed by atoms with E-state index in [-0.39, 0.29) is 12.0 Å². The molecule has 0 saturated carbocycles. The van der Waals surface area contributed by atoms with Crippen molar-refractivity contribution in [2.75, 3.05) is 20.2 Å². The first-order valence-corrected chi connectivity index (χ1v) is 8.01. The highest BCUT2D eigenvalue weighted by Gasteiger charge is 2.32. The number of benzene rings is 1. The van der Waals surface area contributed by atoms with Crippen molar-refractivity contribution in [3.05, 3.63) is 40.9 Å². The number of carbonyl (C=O) groups excluding carboxylic acids is 1. The Hall–Kier alpha value is -2.08. The standard InChI is InChI=1S/C16H18N2O3S/c1-11-3-4-12(7-14(11)20-2)8-15(19)18-9-13(10-18)21-16-17-5-6-22-16/h3-7,13H,8-10H2,1-2H3. The number of carbonyl (C=O) groups is 1. The van der Waals surface area contributed by atoms with Gasteiger partial charge < -0.3 is 14.4 Å². The third kappa shape index (κ3) is 3.22. The average Bonchev–Trinajstić information content (AvgIpc) is 2.97. The van der Waals surface area contributed by atoms with E-state index >= 15 is 0 Å². The fourth-order valence-electron chi connectivity index (χ4n) is 2.39. The van der Waals surface area contributed by atoms with Crippen LogP contribution in [0.3, 0.4) is 0 Å². The fraction of sp³-hybridized carbons (Fsp3) is 0.375. The number of thiazole rings is 1. The molecule has 0 aliphatic carbocycles. The summed E-state index contributed by atoms with van der Waals surface area (Å²) in [5.41, 5.74) is 2.04. The quantitative estimate of drug-likeness (QED) is 0.849. The lowest BCUT2D eigenvalue weighted by Crippen LogP contribution is -2.56. The third-order valence-corrected chi connectivity index (χ3v) is 4.37. The second kappa shape index (κ2) is 6.36. The van der Waals surface area contributed by atoms with Crippen molar-refractivity contribution in [3.63, 3.8) is 0 Å². The zero-order valence-corrected chi connectivity index (χ0v) is 13.4. The first kappa shape index (κ1) is 14.8. The minimum atomic E-state index is 0.0580. The van der Waals surface area contributed by atoms with Crippen LogP contribution >= 0.6 is 11.3 Å². The average molecular weight is 318 g/mol. The Morgan fingerprint density at radius 2 is 2.27 bits per heavy atom. The number of aromatic nitrogens is 1. The van der Waals surface area contributed by atoms with Crippen LogP contribution < -0.4 is 9.47 Å². The van der Waals surface area contributed by atoms with Crippen molar-refractivity contribution in [1.82, 2.24) is 9.88 Å². The first-order chi connectivity index (χ1) is 10.7. The van der Waals surface area contributed by atoms with Gasteiger partial charge in [0.2, 0.25) is 5.91 Å². The van der Waals surface area contributed by atoms with Gasteiger partial charge in [-0.15, -0.1) is 0 Å². The molecule has 22 heavy (non-hydrogen) atoms. The number of rotatable bonds is 5. The lowest BCUT2D eigenvalue weighted by Gasteiger charge is -2.38. The smallest absolute Gasteiger partial charge is 0.273 e. The van der Waals surface area contributed by atoms with Gasteiger partial charge in [-0.3, -0.25) is 4.79 Å². The number of methoxy groups -OCH3 is 1. The largest absolute Gasteiger partial charge is 0.496 e. The molecule has 6 heteroatoms. The van der Waals surface area contributed by atoms with Crippen molar-refractivity contribution in [3.8, 4) is 10.9 Å². The summed E-state index contributed by atoms with van der Waals surface area (Å²) in [4.78, 5) is 18.1. The van der Waals surface area contributed by atoms with E-state index in [0.29, 0.717) is 24.7 Å². The fourth-order valence-corrected chi connectivity index (χ4v) is 2.94. The Balaban J connectivity index is 1.51. The van der Waals surface area contributed by atoms with Crippen LogP contribution in [0.1, 0.15) is 11.1 Å². The van der Waals surface area contributed by atoms with Gasteiger partial charge in [0.1, 0.15) is 11.9 Å². The van der Waals surface area contributed by atoms with Crippen LogP contribution in [-0.4, -0.2) is 42.1 Å². The summed E-state index contributed by atoms with van der Waals surface area (Å²) in [5.74, 6) is 0.934. The summed E-state index contributed by atoms with van der Waals surface area (Å²) in [6.07, 6.45) is 2.16. The van der Waals surface area contributed by atoms with Gasteiger partial charge in [-0.05, 0) is 24.1 Å². The van der Waals surface area contributed by atoms with Crippen molar-refractivity contribution in [2.45, 2.75) is 19.4 Å². The highest BCUT2D eigenvalue weighted by molar-refractivity contribution is 7.11. The van der Waals surface area contributed by atoms with Crippen LogP contribution in [0.2, 0.25) is 0 Å². The van der Waals surface area contributed by atoms with Crippen LogP contribution in [0.25, 0.3) is 0 Å². The van der Waals surface area contributed by atoms with Crippen LogP contribution in [0.15, 0.2) is 29.8 Å². The highest BCUT2D eigenvalue weighted by atomic mass is 32.1. The second-order valence-corrected chi connectivity index (χ2v) is 6.17. The minimum absolute atomic E-state index is 0.0580. The molecule has 0 atom stereocenters. The van der Waals surface area contributed by atoms with E-state index in [9.17, 15) is 4.79 Å². The van der Waals surface area contributed by atoms with Crippen molar-refractivity contribution >= 4 is 17.2 Å². The first-order valence-electron chi connectivity index (χ1n) is 7.13. The molecule has 116 valence electrons. The lowest BCUT2D eigenvalue weighted by atomic mass is 10.1. The third-order valence-electron chi connectivity index (χ3n) is 3.71. The normalized spacial score (nSPS) is 14.5. The Kier molecular flexibility index (Phi) is 4.29. The Morgan fingerprint density at radius 3 is 2.95 bits per heavy atom. The molecule has 0 bridgehead atoms. The molecule has 1 aliphatic heterocycles. The molecule has 0 N–H and O–H groups in total. The van der Waals surface area contributed by atoms with Crippen molar-refractivity contribution in [1.29, 1.82) is 0 Å². The number of nitrogens with zero attached hydrogens (tertiary/aromatic N) is 2. The number of aryl methyl sites for hydroxylation is 1. The molecule has 0 spiro atoms. The minimum Gasteiger partial charge on any atom is -0.496 e. The Bertz CT molecular complexity index is 651. The van der Waals surface area contributed by atoms with E-state index in [1.165, 1.54) is 11.3 Å². The van der Waals surface area contributed by atoms with E-state index in [1.807, 2.05) is 35.4 Å². The molecule has 1 aromatic heterocycles. The molecule has 2 heterocycles. The predicted octanol–water partition coefficient (Wildman–Crippen LogP) is 2.29. The van der Waals surface area contributed by atoms with Gasteiger partial charge in [0.25, 0.3) is 5.19 Å². The molecule has 2 aromatic rings.